The highest BCUT2D eigenvalue weighted by atomic mass is 16.3. The lowest BCUT2D eigenvalue weighted by Crippen LogP contribution is -2.39. The molecule has 3 aromatic rings. The van der Waals surface area contributed by atoms with Crippen LogP contribution >= 0.6 is 0 Å². The number of aliphatic hydroxyl groups is 1. The van der Waals surface area contributed by atoms with Gasteiger partial charge in [-0.1, -0.05) is 66.7 Å². The van der Waals surface area contributed by atoms with Crippen LogP contribution in [0.1, 0.15) is 29.2 Å². The molecule has 0 radical (unpaired) electrons. The molecule has 0 saturated carbocycles. The van der Waals surface area contributed by atoms with E-state index in [2.05, 4.69) is 83.6 Å². The predicted octanol–water partition coefficient (Wildman–Crippen LogP) is 3.73. The van der Waals surface area contributed by atoms with Crippen LogP contribution in [0.4, 0.5) is 0 Å². The van der Waals surface area contributed by atoms with E-state index in [1.54, 1.807) is 0 Å². The second kappa shape index (κ2) is 8.42. The van der Waals surface area contributed by atoms with Crippen molar-refractivity contribution in [2.75, 3.05) is 6.61 Å². The molecule has 0 aliphatic rings. The van der Waals surface area contributed by atoms with Crippen molar-refractivity contribution in [3.05, 3.63) is 102 Å². The molecule has 2 aromatic carbocycles. The van der Waals surface area contributed by atoms with E-state index in [9.17, 15) is 5.11 Å². The molecule has 3 rings (SSSR count). The van der Waals surface area contributed by atoms with Gasteiger partial charge in [0.2, 0.25) is 0 Å². The lowest BCUT2D eigenvalue weighted by atomic mass is 9.88. The summed E-state index contributed by atoms with van der Waals surface area (Å²) in [5.41, 5.74) is 3.88. The summed E-state index contributed by atoms with van der Waals surface area (Å²) in [5.74, 6) is 0.377. The highest BCUT2D eigenvalue weighted by Crippen LogP contribution is 2.27. The number of nitrogens with zero attached hydrogens (tertiary/aromatic N) is 1. The number of rotatable bonds is 7. The van der Waals surface area contributed by atoms with Crippen molar-refractivity contribution in [3.63, 3.8) is 0 Å². The fourth-order valence-electron chi connectivity index (χ4n) is 3.24. The van der Waals surface area contributed by atoms with E-state index in [1.807, 2.05) is 6.07 Å². The highest BCUT2D eigenvalue weighted by Gasteiger charge is 2.17. The Labute approximate surface area is 144 Å². The van der Waals surface area contributed by atoms with Gasteiger partial charge in [0.1, 0.15) is 6.54 Å². The Hall–Kier alpha value is -2.45. The van der Waals surface area contributed by atoms with Crippen LogP contribution in [0, 0.1) is 0 Å². The lowest BCUT2D eigenvalue weighted by Gasteiger charge is -2.17. The smallest absolute Gasteiger partial charge is 0.183 e. The first-order chi connectivity index (χ1) is 11.9. The monoisotopic (exact) mass is 318 g/mol. The maximum Gasteiger partial charge on any atom is 0.183 e. The molecule has 0 unspecified atom stereocenters. The largest absolute Gasteiger partial charge is 0.396 e. The Morgan fingerprint density at radius 3 is 1.92 bits per heavy atom. The average molecular weight is 318 g/mol. The van der Waals surface area contributed by atoms with Gasteiger partial charge in [-0.05, 0) is 11.1 Å². The van der Waals surface area contributed by atoms with Crippen LogP contribution in [-0.2, 0) is 13.0 Å². The highest BCUT2D eigenvalue weighted by molar-refractivity contribution is 5.32. The number of aromatic nitrogens is 1. The molecule has 0 aliphatic carbocycles. The minimum absolute atomic E-state index is 0.185. The minimum atomic E-state index is 0.185. The van der Waals surface area contributed by atoms with Crippen molar-refractivity contribution in [1.82, 2.24) is 0 Å². The Morgan fingerprint density at radius 2 is 1.33 bits per heavy atom. The molecule has 0 amide bonds. The van der Waals surface area contributed by atoms with Gasteiger partial charge < -0.3 is 5.11 Å². The van der Waals surface area contributed by atoms with E-state index in [-0.39, 0.29) is 6.61 Å². The zero-order valence-corrected chi connectivity index (χ0v) is 13.9. The molecule has 0 atom stereocenters. The molecule has 2 nitrogen and oxygen atoms in total. The van der Waals surface area contributed by atoms with Crippen LogP contribution < -0.4 is 4.57 Å². The van der Waals surface area contributed by atoms with Crippen LogP contribution in [0.25, 0.3) is 0 Å². The van der Waals surface area contributed by atoms with Gasteiger partial charge in [0.05, 0.1) is 13.0 Å². The maximum atomic E-state index is 9.26. The molecule has 24 heavy (non-hydrogen) atoms. The van der Waals surface area contributed by atoms with Crippen molar-refractivity contribution in [3.8, 4) is 0 Å². The fourth-order valence-corrected chi connectivity index (χ4v) is 3.24. The van der Waals surface area contributed by atoms with Gasteiger partial charge in [0, 0.05) is 24.5 Å². The van der Waals surface area contributed by atoms with Crippen LogP contribution in [0.5, 0.6) is 0 Å². The first-order valence-electron chi connectivity index (χ1n) is 8.56. The van der Waals surface area contributed by atoms with Gasteiger partial charge in [-0.3, -0.25) is 0 Å². The summed E-state index contributed by atoms with van der Waals surface area (Å²) in [4.78, 5) is 0. The second-order valence-corrected chi connectivity index (χ2v) is 6.02. The van der Waals surface area contributed by atoms with E-state index >= 15 is 0 Å². The molecule has 1 N–H and O–H groups in total. The Bertz CT molecular complexity index is 701. The molecular formula is C22H24NO+. The summed E-state index contributed by atoms with van der Waals surface area (Å²) < 4.78 is 2.26. The summed E-state index contributed by atoms with van der Waals surface area (Å²) in [6.45, 7) is 1.12. The average Bonchev–Trinajstić information content (AvgIpc) is 2.65. The zero-order valence-electron chi connectivity index (χ0n) is 13.9. The second-order valence-electron chi connectivity index (χ2n) is 6.02. The van der Waals surface area contributed by atoms with E-state index < -0.39 is 0 Å². The van der Waals surface area contributed by atoms with Gasteiger partial charge in [-0.2, -0.15) is 0 Å². The van der Waals surface area contributed by atoms with Crippen LogP contribution in [-0.4, -0.2) is 11.7 Å². The SMILES string of the molecule is OCCc1cccc[n+]1CCC(c1ccccc1)c1ccccc1. The number of aryl methyl sites for hydroxylation is 1. The number of hydrogen-bond donors (Lipinski definition) is 1. The summed E-state index contributed by atoms with van der Waals surface area (Å²) in [6, 6.07) is 27.6. The molecule has 0 aliphatic heterocycles. The van der Waals surface area contributed by atoms with Crippen molar-refractivity contribution in [2.45, 2.75) is 25.3 Å². The molecule has 0 bridgehead atoms. The number of hydrogen-bond acceptors (Lipinski definition) is 1. The molecule has 0 spiro atoms. The molecule has 122 valence electrons. The summed E-state index contributed by atoms with van der Waals surface area (Å²) in [5, 5.41) is 9.26. The molecule has 0 fully saturated rings. The van der Waals surface area contributed by atoms with E-state index in [1.165, 1.54) is 16.8 Å². The van der Waals surface area contributed by atoms with E-state index in [4.69, 9.17) is 0 Å². The zero-order chi connectivity index (χ0) is 16.6. The number of pyridine rings is 1. The van der Waals surface area contributed by atoms with Crippen molar-refractivity contribution >= 4 is 0 Å². The molecule has 1 aromatic heterocycles. The van der Waals surface area contributed by atoms with Crippen LogP contribution in [0.15, 0.2) is 85.1 Å². The Balaban J connectivity index is 1.83. The van der Waals surface area contributed by atoms with Gasteiger partial charge in [0.25, 0.3) is 0 Å². The van der Waals surface area contributed by atoms with E-state index in [0.29, 0.717) is 12.3 Å². The van der Waals surface area contributed by atoms with Crippen molar-refractivity contribution in [2.24, 2.45) is 0 Å². The topological polar surface area (TPSA) is 24.1 Å². The first-order valence-corrected chi connectivity index (χ1v) is 8.56. The van der Waals surface area contributed by atoms with Crippen molar-refractivity contribution < 1.29 is 9.67 Å². The minimum Gasteiger partial charge on any atom is -0.396 e. The van der Waals surface area contributed by atoms with E-state index in [0.717, 1.165) is 13.0 Å². The van der Waals surface area contributed by atoms with Crippen molar-refractivity contribution in [1.29, 1.82) is 0 Å². The molecule has 0 saturated heterocycles. The van der Waals surface area contributed by atoms with Crippen LogP contribution in [0.2, 0.25) is 0 Å². The standard InChI is InChI=1S/C22H24NO/c24-18-15-21-13-7-8-16-23(21)17-14-22(19-9-3-1-4-10-19)20-11-5-2-6-12-20/h1-13,16,22,24H,14-15,17-18H2/q+1. The fraction of sp³-hybridized carbons (Fsp3) is 0.227. The quantitative estimate of drug-likeness (QED) is 0.660. The normalized spacial score (nSPS) is 10.9. The molecule has 2 heteroatoms. The molecular weight excluding hydrogens is 294 g/mol. The third kappa shape index (κ3) is 4.09. The van der Waals surface area contributed by atoms with Gasteiger partial charge in [-0.25, -0.2) is 4.57 Å². The third-order valence-corrected chi connectivity index (χ3v) is 4.47. The first kappa shape index (κ1) is 16.4. The summed E-state index contributed by atoms with van der Waals surface area (Å²) >= 11 is 0. The Kier molecular flexibility index (Phi) is 5.75. The number of benzene rings is 2. The van der Waals surface area contributed by atoms with Crippen LogP contribution in [0.3, 0.4) is 0 Å². The number of aliphatic hydroxyl groups excluding tert-OH is 1. The predicted molar refractivity (Wildman–Crippen MR) is 96.8 cm³/mol. The Morgan fingerprint density at radius 1 is 0.750 bits per heavy atom. The summed E-state index contributed by atoms with van der Waals surface area (Å²) in [7, 11) is 0. The van der Waals surface area contributed by atoms with Gasteiger partial charge in [0.15, 0.2) is 11.9 Å². The maximum absolute atomic E-state index is 9.26. The van der Waals surface area contributed by atoms with Gasteiger partial charge >= 0.3 is 0 Å². The third-order valence-electron chi connectivity index (χ3n) is 4.47. The van der Waals surface area contributed by atoms with Gasteiger partial charge in [-0.15, -0.1) is 0 Å². The molecule has 1 heterocycles. The summed E-state index contributed by atoms with van der Waals surface area (Å²) in [6.07, 6.45) is 3.83. The lowest BCUT2D eigenvalue weighted by molar-refractivity contribution is -0.704.